The lowest BCUT2D eigenvalue weighted by molar-refractivity contribution is 0.543. The maximum atomic E-state index is 4.45. The molecule has 1 unspecified atom stereocenters. The van der Waals surface area contributed by atoms with Crippen molar-refractivity contribution in [2.75, 3.05) is 6.54 Å². The minimum Gasteiger partial charge on any atom is -0.314 e. The van der Waals surface area contributed by atoms with E-state index in [1.54, 1.807) is 0 Å². The van der Waals surface area contributed by atoms with Crippen LogP contribution in [0.2, 0.25) is 0 Å². The van der Waals surface area contributed by atoms with Crippen LogP contribution in [0.4, 0.5) is 0 Å². The van der Waals surface area contributed by atoms with Gasteiger partial charge in [-0.05, 0) is 51.6 Å². The maximum Gasteiger partial charge on any atom is 0.0625 e. The fraction of sp³-hybridized carbons (Fsp3) is 0.750. The summed E-state index contributed by atoms with van der Waals surface area (Å²) in [5.74, 6) is 0. The van der Waals surface area contributed by atoms with Gasteiger partial charge in [-0.15, -0.1) is 0 Å². The van der Waals surface area contributed by atoms with Crippen LogP contribution in [0.1, 0.15) is 36.2 Å². The van der Waals surface area contributed by atoms with E-state index in [1.165, 1.54) is 42.8 Å². The van der Waals surface area contributed by atoms with Crippen LogP contribution < -0.4 is 5.32 Å². The second kappa shape index (κ2) is 4.35. The van der Waals surface area contributed by atoms with Crippen molar-refractivity contribution in [3.05, 3.63) is 17.0 Å². The lowest BCUT2D eigenvalue weighted by atomic mass is 10.1. The van der Waals surface area contributed by atoms with Gasteiger partial charge in [0.1, 0.15) is 0 Å². The van der Waals surface area contributed by atoms with E-state index >= 15 is 0 Å². The van der Waals surface area contributed by atoms with E-state index in [1.807, 2.05) is 4.68 Å². The van der Waals surface area contributed by atoms with E-state index in [0.29, 0.717) is 0 Å². The average Bonchev–Trinajstić information content (AvgIpc) is 2.76. The monoisotopic (exact) mass is 207 g/mol. The van der Waals surface area contributed by atoms with Crippen LogP contribution in [0.25, 0.3) is 0 Å². The molecule has 0 bridgehead atoms. The molecule has 0 amide bonds. The molecule has 1 N–H and O–H groups in total. The number of nitrogens with zero attached hydrogens (tertiary/aromatic N) is 2. The molecule has 0 aliphatic carbocycles. The smallest absolute Gasteiger partial charge is 0.0625 e. The lowest BCUT2D eigenvalue weighted by Gasteiger charge is -2.10. The highest BCUT2D eigenvalue weighted by Crippen LogP contribution is 2.16. The standard InChI is InChI=1S/C12H21N3/c1-9-10(2)14-15(3)12(9)7-6-11-5-4-8-13-11/h11,13H,4-8H2,1-3H3. The van der Waals surface area contributed by atoms with E-state index in [2.05, 4.69) is 31.3 Å². The van der Waals surface area contributed by atoms with Gasteiger partial charge in [-0.3, -0.25) is 4.68 Å². The Kier molecular flexibility index (Phi) is 3.10. The van der Waals surface area contributed by atoms with Crippen molar-refractivity contribution in [2.24, 2.45) is 7.05 Å². The van der Waals surface area contributed by atoms with Gasteiger partial charge in [0.15, 0.2) is 0 Å². The molecule has 0 saturated carbocycles. The quantitative estimate of drug-likeness (QED) is 0.818. The summed E-state index contributed by atoms with van der Waals surface area (Å²) in [4.78, 5) is 0. The second-order valence-electron chi connectivity index (χ2n) is 4.61. The van der Waals surface area contributed by atoms with Gasteiger partial charge in [0, 0.05) is 18.8 Å². The van der Waals surface area contributed by atoms with Gasteiger partial charge in [0.25, 0.3) is 0 Å². The third-order valence-electron chi connectivity index (χ3n) is 3.56. The first-order valence-corrected chi connectivity index (χ1v) is 5.91. The first-order valence-electron chi connectivity index (χ1n) is 5.91. The summed E-state index contributed by atoms with van der Waals surface area (Å²) in [5.41, 5.74) is 3.95. The Hall–Kier alpha value is -0.830. The van der Waals surface area contributed by atoms with Gasteiger partial charge in [0.2, 0.25) is 0 Å². The summed E-state index contributed by atoms with van der Waals surface area (Å²) in [6.45, 7) is 5.47. The molecule has 0 radical (unpaired) electrons. The minimum absolute atomic E-state index is 0.736. The Balaban J connectivity index is 1.97. The molecule has 2 heterocycles. The molecule has 1 aromatic heterocycles. The highest BCUT2D eigenvalue weighted by atomic mass is 15.3. The third-order valence-corrected chi connectivity index (χ3v) is 3.56. The first kappa shape index (κ1) is 10.7. The largest absolute Gasteiger partial charge is 0.314 e. The molecule has 1 aromatic rings. The zero-order valence-corrected chi connectivity index (χ0v) is 10.0. The number of aromatic nitrogens is 2. The number of hydrogen-bond acceptors (Lipinski definition) is 2. The molecular formula is C12H21N3. The van der Waals surface area contributed by atoms with Crippen LogP contribution in [0.15, 0.2) is 0 Å². The summed E-state index contributed by atoms with van der Waals surface area (Å²) in [7, 11) is 2.05. The SMILES string of the molecule is Cc1nn(C)c(CCC2CCCN2)c1C. The first-order chi connectivity index (χ1) is 7.18. The minimum atomic E-state index is 0.736. The van der Waals surface area contributed by atoms with E-state index in [0.717, 1.165) is 12.5 Å². The van der Waals surface area contributed by atoms with Crippen LogP contribution in [0.5, 0.6) is 0 Å². The van der Waals surface area contributed by atoms with Gasteiger partial charge in [-0.2, -0.15) is 5.10 Å². The lowest BCUT2D eigenvalue weighted by Crippen LogP contribution is -2.22. The van der Waals surface area contributed by atoms with Gasteiger partial charge < -0.3 is 5.32 Å². The van der Waals surface area contributed by atoms with Gasteiger partial charge in [-0.25, -0.2) is 0 Å². The number of rotatable bonds is 3. The van der Waals surface area contributed by atoms with Crippen molar-refractivity contribution in [3.8, 4) is 0 Å². The topological polar surface area (TPSA) is 29.9 Å². The van der Waals surface area contributed by atoms with Crippen molar-refractivity contribution >= 4 is 0 Å². The van der Waals surface area contributed by atoms with Gasteiger partial charge >= 0.3 is 0 Å². The van der Waals surface area contributed by atoms with E-state index in [9.17, 15) is 0 Å². The molecule has 1 saturated heterocycles. The van der Waals surface area contributed by atoms with Crippen molar-refractivity contribution < 1.29 is 0 Å². The van der Waals surface area contributed by atoms with E-state index < -0.39 is 0 Å². The molecule has 0 aromatic carbocycles. The fourth-order valence-electron chi connectivity index (χ4n) is 2.48. The normalized spacial score (nSPS) is 21.1. The highest BCUT2D eigenvalue weighted by Gasteiger charge is 2.16. The van der Waals surface area contributed by atoms with Crippen LogP contribution in [-0.2, 0) is 13.5 Å². The van der Waals surface area contributed by atoms with Crippen molar-refractivity contribution in [2.45, 2.75) is 45.6 Å². The van der Waals surface area contributed by atoms with Crippen LogP contribution in [-0.4, -0.2) is 22.4 Å². The van der Waals surface area contributed by atoms with Crippen molar-refractivity contribution in [1.29, 1.82) is 0 Å². The summed E-state index contributed by atoms with van der Waals surface area (Å²) in [5, 5.41) is 7.99. The van der Waals surface area contributed by atoms with Crippen LogP contribution >= 0.6 is 0 Å². The molecule has 1 fully saturated rings. The van der Waals surface area contributed by atoms with Gasteiger partial charge in [0.05, 0.1) is 5.69 Å². The fourth-order valence-corrected chi connectivity index (χ4v) is 2.48. The molecule has 1 aliphatic rings. The Morgan fingerprint density at radius 1 is 1.47 bits per heavy atom. The summed E-state index contributed by atoms with van der Waals surface area (Å²) >= 11 is 0. The second-order valence-corrected chi connectivity index (χ2v) is 4.61. The molecular weight excluding hydrogens is 186 g/mol. The number of aryl methyl sites for hydroxylation is 2. The number of nitrogens with one attached hydrogen (secondary N) is 1. The van der Waals surface area contributed by atoms with Crippen LogP contribution in [0.3, 0.4) is 0 Å². The Bertz CT molecular complexity index is 335. The van der Waals surface area contributed by atoms with E-state index in [-0.39, 0.29) is 0 Å². The average molecular weight is 207 g/mol. The molecule has 1 atom stereocenters. The van der Waals surface area contributed by atoms with Crippen molar-refractivity contribution in [1.82, 2.24) is 15.1 Å². The zero-order chi connectivity index (χ0) is 10.8. The molecule has 0 spiro atoms. The summed E-state index contributed by atoms with van der Waals surface area (Å²) in [6.07, 6.45) is 5.09. The maximum absolute atomic E-state index is 4.45. The Morgan fingerprint density at radius 2 is 2.27 bits per heavy atom. The molecule has 3 heteroatoms. The van der Waals surface area contributed by atoms with Gasteiger partial charge in [-0.1, -0.05) is 0 Å². The molecule has 3 nitrogen and oxygen atoms in total. The van der Waals surface area contributed by atoms with E-state index in [4.69, 9.17) is 0 Å². The Labute approximate surface area is 91.9 Å². The molecule has 15 heavy (non-hydrogen) atoms. The molecule has 2 rings (SSSR count). The van der Waals surface area contributed by atoms with Crippen molar-refractivity contribution in [3.63, 3.8) is 0 Å². The third kappa shape index (κ3) is 2.23. The number of hydrogen-bond donors (Lipinski definition) is 1. The summed E-state index contributed by atoms with van der Waals surface area (Å²) in [6, 6.07) is 0.736. The molecule has 84 valence electrons. The van der Waals surface area contributed by atoms with Crippen LogP contribution in [0, 0.1) is 13.8 Å². The predicted molar refractivity (Wildman–Crippen MR) is 62.0 cm³/mol. The Morgan fingerprint density at radius 3 is 2.80 bits per heavy atom. The zero-order valence-electron chi connectivity index (χ0n) is 10.0. The predicted octanol–water partition coefficient (Wildman–Crippen LogP) is 1.72. The molecule has 1 aliphatic heterocycles. The summed E-state index contributed by atoms with van der Waals surface area (Å²) < 4.78 is 2.04. The highest BCUT2D eigenvalue weighted by molar-refractivity contribution is 5.23.